The van der Waals surface area contributed by atoms with Gasteiger partial charge >= 0.3 is 12.1 Å². The molecule has 0 saturated carbocycles. The number of benzene rings is 2. The maximum Gasteiger partial charge on any atom is 0.416 e. The summed E-state index contributed by atoms with van der Waals surface area (Å²) in [6.45, 7) is 1.29. The summed E-state index contributed by atoms with van der Waals surface area (Å²) in [5, 5.41) is 2.23. The van der Waals surface area contributed by atoms with Gasteiger partial charge in [-0.05, 0) is 42.8 Å². The predicted octanol–water partition coefficient (Wildman–Crippen LogP) is 4.43. The van der Waals surface area contributed by atoms with Crippen molar-refractivity contribution < 1.29 is 36.6 Å². The first-order chi connectivity index (χ1) is 13.2. The number of carbonyl (C=O) groups is 2. The predicted molar refractivity (Wildman–Crippen MR) is 92.5 cm³/mol. The SMILES string of the molecule is CCCOc1ccc(C(F)(F)F)cc1NC(=O)COC(=O)c1cccc(F)c1. The molecule has 2 aromatic rings. The summed E-state index contributed by atoms with van der Waals surface area (Å²) >= 11 is 0. The van der Waals surface area contributed by atoms with Gasteiger partial charge in [-0.25, -0.2) is 9.18 Å². The van der Waals surface area contributed by atoms with Crippen LogP contribution in [-0.4, -0.2) is 25.1 Å². The van der Waals surface area contributed by atoms with Gasteiger partial charge in [0, 0.05) is 0 Å². The summed E-state index contributed by atoms with van der Waals surface area (Å²) in [6, 6.07) is 7.34. The molecule has 2 rings (SSSR count). The lowest BCUT2D eigenvalue weighted by Crippen LogP contribution is -2.21. The van der Waals surface area contributed by atoms with Crippen LogP contribution < -0.4 is 10.1 Å². The Morgan fingerprint density at radius 2 is 1.86 bits per heavy atom. The molecule has 0 heterocycles. The molecule has 0 bridgehead atoms. The Balaban J connectivity index is 2.07. The van der Waals surface area contributed by atoms with Gasteiger partial charge in [0.05, 0.1) is 23.4 Å². The van der Waals surface area contributed by atoms with Crippen molar-refractivity contribution in [3.05, 3.63) is 59.4 Å². The molecular weight excluding hydrogens is 382 g/mol. The summed E-state index contributed by atoms with van der Waals surface area (Å²) in [6.07, 6.45) is -3.99. The van der Waals surface area contributed by atoms with Gasteiger partial charge < -0.3 is 14.8 Å². The lowest BCUT2D eigenvalue weighted by Gasteiger charge is -2.15. The van der Waals surface area contributed by atoms with E-state index in [9.17, 15) is 27.2 Å². The van der Waals surface area contributed by atoms with Gasteiger partial charge in [0.15, 0.2) is 6.61 Å². The first kappa shape index (κ1) is 21.2. The Kier molecular flexibility index (Phi) is 6.97. The maximum atomic E-state index is 13.1. The fourth-order valence-electron chi connectivity index (χ4n) is 2.16. The highest BCUT2D eigenvalue weighted by Crippen LogP contribution is 2.35. The van der Waals surface area contributed by atoms with E-state index in [0.717, 1.165) is 30.3 Å². The molecule has 0 spiro atoms. The molecule has 0 aliphatic heterocycles. The molecule has 0 saturated heterocycles. The van der Waals surface area contributed by atoms with Gasteiger partial charge in [-0.1, -0.05) is 13.0 Å². The average molecular weight is 399 g/mol. The number of esters is 1. The van der Waals surface area contributed by atoms with Crippen molar-refractivity contribution in [1.82, 2.24) is 0 Å². The number of hydrogen-bond acceptors (Lipinski definition) is 4. The molecule has 0 atom stereocenters. The summed E-state index contributed by atoms with van der Waals surface area (Å²) in [7, 11) is 0. The Morgan fingerprint density at radius 3 is 2.50 bits per heavy atom. The van der Waals surface area contributed by atoms with Crippen LogP contribution in [0.15, 0.2) is 42.5 Å². The lowest BCUT2D eigenvalue weighted by molar-refractivity contribution is -0.137. The molecule has 0 aliphatic rings. The van der Waals surface area contributed by atoms with E-state index >= 15 is 0 Å². The van der Waals surface area contributed by atoms with Gasteiger partial charge in [0.25, 0.3) is 5.91 Å². The Labute approximate surface area is 158 Å². The van der Waals surface area contributed by atoms with Crippen molar-refractivity contribution in [1.29, 1.82) is 0 Å². The molecule has 1 amide bonds. The van der Waals surface area contributed by atoms with Crippen molar-refractivity contribution in [2.24, 2.45) is 0 Å². The van der Waals surface area contributed by atoms with E-state index in [4.69, 9.17) is 9.47 Å². The number of alkyl halides is 3. The van der Waals surface area contributed by atoms with Crippen LogP contribution in [0.4, 0.5) is 23.2 Å². The minimum absolute atomic E-state index is 0.0552. The van der Waals surface area contributed by atoms with Crippen molar-refractivity contribution >= 4 is 17.6 Å². The fraction of sp³-hybridized carbons (Fsp3) is 0.263. The largest absolute Gasteiger partial charge is 0.491 e. The molecule has 5 nitrogen and oxygen atoms in total. The molecule has 0 fully saturated rings. The number of ether oxygens (including phenoxy) is 2. The van der Waals surface area contributed by atoms with Crippen LogP contribution in [0.5, 0.6) is 5.75 Å². The first-order valence-electron chi connectivity index (χ1n) is 8.27. The van der Waals surface area contributed by atoms with E-state index < -0.39 is 36.0 Å². The number of hydrogen-bond donors (Lipinski definition) is 1. The third-order valence-electron chi connectivity index (χ3n) is 3.44. The van der Waals surface area contributed by atoms with E-state index in [1.807, 2.05) is 6.92 Å². The first-order valence-corrected chi connectivity index (χ1v) is 8.27. The smallest absolute Gasteiger partial charge is 0.416 e. The molecule has 1 N–H and O–H groups in total. The molecule has 2 aromatic carbocycles. The molecule has 9 heteroatoms. The van der Waals surface area contributed by atoms with E-state index in [1.165, 1.54) is 12.1 Å². The Bertz CT molecular complexity index is 852. The van der Waals surface area contributed by atoms with Crippen LogP contribution in [0.2, 0.25) is 0 Å². The van der Waals surface area contributed by atoms with Gasteiger partial charge in [0.2, 0.25) is 0 Å². The minimum atomic E-state index is -4.60. The van der Waals surface area contributed by atoms with E-state index in [2.05, 4.69) is 5.32 Å². The van der Waals surface area contributed by atoms with Crippen LogP contribution in [0, 0.1) is 5.82 Å². The van der Waals surface area contributed by atoms with Gasteiger partial charge in [-0.3, -0.25) is 4.79 Å². The van der Waals surface area contributed by atoms with Crippen molar-refractivity contribution in [2.75, 3.05) is 18.5 Å². The van der Waals surface area contributed by atoms with Crippen molar-refractivity contribution in [3.8, 4) is 5.75 Å². The van der Waals surface area contributed by atoms with Gasteiger partial charge in [0.1, 0.15) is 11.6 Å². The maximum absolute atomic E-state index is 13.1. The van der Waals surface area contributed by atoms with E-state index in [0.29, 0.717) is 6.42 Å². The second-order valence-corrected chi connectivity index (χ2v) is 5.69. The fourth-order valence-corrected chi connectivity index (χ4v) is 2.16. The lowest BCUT2D eigenvalue weighted by atomic mass is 10.1. The average Bonchev–Trinajstić information content (AvgIpc) is 2.64. The molecule has 0 aliphatic carbocycles. The number of carbonyl (C=O) groups excluding carboxylic acids is 2. The molecule has 0 radical (unpaired) electrons. The molecule has 150 valence electrons. The zero-order chi connectivity index (χ0) is 20.7. The highest BCUT2D eigenvalue weighted by molar-refractivity contribution is 5.96. The van der Waals surface area contributed by atoms with Crippen LogP contribution >= 0.6 is 0 Å². The second-order valence-electron chi connectivity index (χ2n) is 5.69. The summed E-state index contributed by atoms with van der Waals surface area (Å²) in [4.78, 5) is 23.8. The highest BCUT2D eigenvalue weighted by atomic mass is 19.4. The number of nitrogens with one attached hydrogen (secondary N) is 1. The topological polar surface area (TPSA) is 64.6 Å². The standard InChI is InChI=1S/C19H17F4NO4/c1-2-8-27-16-7-6-13(19(21,22)23)10-15(16)24-17(25)11-28-18(26)12-4-3-5-14(20)9-12/h3-7,9-10H,2,8,11H2,1H3,(H,24,25). The third kappa shape index (κ3) is 5.97. The van der Waals surface area contributed by atoms with Crippen LogP contribution in [0.25, 0.3) is 0 Å². The van der Waals surface area contributed by atoms with Crippen molar-refractivity contribution in [2.45, 2.75) is 19.5 Å². The van der Waals surface area contributed by atoms with E-state index in [1.54, 1.807) is 0 Å². The number of anilines is 1. The zero-order valence-corrected chi connectivity index (χ0v) is 14.8. The second kappa shape index (κ2) is 9.20. The monoisotopic (exact) mass is 399 g/mol. The number of rotatable bonds is 7. The van der Waals surface area contributed by atoms with Gasteiger partial charge in [-0.15, -0.1) is 0 Å². The van der Waals surface area contributed by atoms with E-state index in [-0.39, 0.29) is 23.6 Å². The van der Waals surface area contributed by atoms with Crippen LogP contribution in [0.3, 0.4) is 0 Å². The number of halogens is 4. The molecule has 0 aromatic heterocycles. The molecule has 0 unspecified atom stereocenters. The third-order valence-corrected chi connectivity index (χ3v) is 3.44. The number of amides is 1. The molecule has 28 heavy (non-hydrogen) atoms. The van der Waals surface area contributed by atoms with Crippen LogP contribution in [-0.2, 0) is 15.7 Å². The summed E-state index contributed by atoms with van der Waals surface area (Å²) in [5.41, 5.74) is -1.27. The van der Waals surface area contributed by atoms with Crippen LogP contribution in [0.1, 0.15) is 29.3 Å². The summed E-state index contributed by atoms with van der Waals surface area (Å²) in [5.74, 6) is -2.41. The highest BCUT2D eigenvalue weighted by Gasteiger charge is 2.31. The zero-order valence-electron chi connectivity index (χ0n) is 14.8. The summed E-state index contributed by atoms with van der Waals surface area (Å²) < 4.78 is 61.9. The Hall–Kier alpha value is -3.10. The van der Waals surface area contributed by atoms with Gasteiger partial charge in [-0.2, -0.15) is 13.2 Å². The minimum Gasteiger partial charge on any atom is -0.491 e. The molecular formula is C19H17F4NO4. The normalized spacial score (nSPS) is 11.0. The van der Waals surface area contributed by atoms with Crippen molar-refractivity contribution in [3.63, 3.8) is 0 Å². The Morgan fingerprint density at radius 1 is 1.11 bits per heavy atom. The quantitative estimate of drug-likeness (QED) is 0.553.